The highest BCUT2D eigenvalue weighted by Crippen LogP contribution is 2.28. The molecule has 2 fully saturated rings. The number of amides is 3. The van der Waals surface area contributed by atoms with Crippen molar-refractivity contribution < 1.29 is 22.8 Å². The molecule has 0 saturated carbocycles. The lowest BCUT2D eigenvalue weighted by Crippen LogP contribution is -2.48. The van der Waals surface area contributed by atoms with E-state index in [4.69, 9.17) is 0 Å². The fourth-order valence-electron chi connectivity index (χ4n) is 3.15. The second-order valence-electron chi connectivity index (χ2n) is 6.40. The van der Waals surface area contributed by atoms with E-state index in [0.29, 0.717) is 39.0 Å². The Hall–Kier alpha value is -1.47. The van der Waals surface area contributed by atoms with Gasteiger partial charge in [-0.05, 0) is 38.0 Å². The molecule has 3 amide bonds. The summed E-state index contributed by atoms with van der Waals surface area (Å²) in [6.07, 6.45) is -1.82. The number of halogens is 3. The molecular weight excluding hydrogens is 311 g/mol. The molecule has 8 heteroatoms. The SMILES string of the molecule is O=C1NCCCC1CNC(=O)N1CCC(CCC(F)(F)F)CC1. The summed E-state index contributed by atoms with van der Waals surface area (Å²) in [7, 11) is 0. The van der Waals surface area contributed by atoms with E-state index < -0.39 is 12.6 Å². The fourth-order valence-corrected chi connectivity index (χ4v) is 3.15. The number of alkyl halides is 3. The molecule has 0 bridgehead atoms. The van der Waals surface area contributed by atoms with E-state index in [-0.39, 0.29) is 30.2 Å². The van der Waals surface area contributed by atoms with Crippen molar-refractivity contribution in [1.29, 1.82) is 0 Å². The minimum absolute atomic E-state index is 0.0255. The van der Waals surface area contributed by atoms with Gasteiger partial charge in [0.15, 0.2) is 0 Å². The molecular formula is C15H24F3N3O2. The van der Waals surface area contributed by atoms with Gasteiger partial charge in [0.2, 0.25) is 5.91 Å². The van der Waals surface area contributed by atoms with Gasteiger partial charge in [-0.2, -0.15) is 13.2 Å². The van der Waals surface area contributed by atoms with E-state index in [1.807, 2.05) is 0 Å². The Morgan fingerprint density at radius 3 is 2.57 bits per heavy atom. The second-order valence-corrected chi connectivity index (χ2v) is 6.40. The molecule has 132 valence electrons. The van der Waals surface area contributed by atoms with Crippen LogP contribution in [0.5, 0.6) is 0 Å². The predicted molar refractivity (Wildman–Crippen MR) is 78.7 cm³/mol. The first-order valence-corrected chi connectivity index (χ1v) is 8.22. The van der Waals surface area contributed by atoms with Crippen LogP contribution in [0.15, 0.2) is 0 Å². The molecule has 0 aromatic carbocycles. The van der Waals surface area contributed by atoms with Gasteiger partial charge in [-0.25, -0.2) is 4.79 Å². The van der Waals surface area contributed by atoms with Gasteiger partial charge in [0.05, 0.1) is 5.92 Å². The summed E-state index contributed by atoms with van der Waals surface area (Å²) in [5.41, 5.74) is 0. The zero-order valence-corrected chi connectivity index (χ0v) is 13.1. The van der Waals surface area contributed by atoms with Gasteiger partial charge in [-0.15, -0.1) is 0 Å². The average molecular weight is 335 g/mol. The number of carbonyl (C=O) groups is 2. The number of nitrogens with zero attached hydrogens (tertiary/aromatic N) is 1. The Balaban J connectivity index is 1.66. The molecule has 0 radical (unpaired) electrons. The van der Waals surface area contributed by atoms with Crippen molar-refractivity contribution in [2.45, 2.75) is 44.7 Å². The lowest BCUT2D eigenvalue weighted by Gasteiger charge is -2.32. The van der Waals surface area contributed by atoms with Crippen LogP contribution in [0.2, 0.25) is 0 Å². The molecule has 23 heavy (non-hydrogen) atoms. The number of hydrogen-bond donors (Lipinski definition) is 2. The molecule has 0 aromatic heterocycles. The number of carbonyl (C=O) groups excluding carboxylic acids is 2. The summed E-state index contributed by atoms with van der Waals surface area (Å²) in [6, 6.07) is -0.224. The summed E-state index contributed by atoms with van der Waals surface area (Å²) in [5.74, 6) is -0.177. The molecule has 0 aliphatic carbocycles. The molecule has 2 aliphatic rings. The van der Waals surface area contributed by atoms with E-state index in [1.54, 1.807) is 4.90 Å². The van der Waals surface area contributed by atoms with Gasteiger partial charge in [0.25, 0.3) is 0 Å². The lowest BCUT2D eigenvalue weighted by molar-refractivity contribution is -0.138. The topological polar surface area (TPSA) is 61.4 Å². The molecule has 2 rings (SSSR count). The Morgan fingerprint density at radius 2 is 1.96 bits per heavy atom. The normalized spacial score (nSPS) is 23.5. The highest BCUT2D eigenvalue weighted by Gasteiger charge is 2.30. The first-order chi connectivity index (χ1) is 10.8. The number of hydrogen-bond acceptors (Lipinski definition) is 2. The molecule has 0 spiro atoms. The maximum Gasteiger partial charge on any atom is 0.389 e. The van der Waals surface area contributed by atoms with Crippen LogP contribution in [0.4, 0.5) is 18.0 Å². The van der Waals surface area contributed by atoms with Gasteiger partial charge in [-0.3, -0.25) is 4.79 Å². The van der Waals surface area contributed by atoms with E-state index >= 15 is 0 Å². The number of urea groups is 1. The van der Waals surface area contributed by atoms with E-state index in [2.05, 4.69) is 10.6 Å². The predicted octanol–water partition coefficient (Wildman–Crippen LogP) is 2.28. The molecule has 2 heterocycles. The minimum Gasteiger partial charge on any atom is -0.356 e. The summed E-state index contributed by atoms with van der Waals surface area (Å²) < 4.78 is 36.7. The molecule has 1 atom stereocenters. The van der Waals surface area contributed by atoms with Crippen molar-refractivity contribution in [1.82, 2.24) is 15.5 Å². The first kappa shape index (κ1) is 17.9. The maximum absolute atomic E-state index is 12.2. The van der Waals surface area contributed by atoms with Crippen LogP contribution in [0.25, 0.3) is 0 Å². The average Bonchev–Trinajstić information content (AvgIpc) is 2.52. The largest absolute Gasteiger partial charge is 0.389 e. The summed E-state index contributed by atoms with van der Waals surface area (Å²) in [4.78, 5) is 25.3. The van der Waals surface area contributed by atoms with Gasteiger partial charge >= 0.3 is 12.2 Å². The lowest BCUT2D eigenvalue weighted by atomic mass is 9.92. The smallest absolute Gasteiger partial charge is 0.356 e. The van der Waals surface area contributed by atoms with Gasteiger partial charge < -0.3 is 15.5 Å². The Morgan fingerprint density at radius 1 is 1.26 bits per heavy atom. The van der Waals surface area contributed by atoms with Crippen molar-refractivity contribution in [2.75, 3.05) is 26.2 Å². The highest BCUT2D eigenvalue weighted by molar-refractivity contribution is 5.81. The Kier molecular flexibility index (Phi) is 6.12. The summed E-state index contributed by atoms with van der Waals surface area (Å²) >= 11 is 0. The van der Waals surface area contributed by atoms with E-state index in [9.17, 15) is 22.8 Å². The van der Waals surface area contributed by atoms with Crippen LogP contribution in [0.3, 0.4) is 0 Å². The number of rotatable bonds is 4. The van der Waals surface area contributed by atoms with Crippen molar-refractivity contribution >= 4 is 11.9 Å². The van der Waals surface area contributed by atoms with Crippen LogP contribution in [-0.2, 0) is 4.79 Å². The van der Waals surface area contributed by atoms with Crippen molar-refractivity contribution in [3.63, 3.8) is 0 Å². The van der Waals surface area contributed by atoms with Crippen LogP contribution in [-0.4, -0.2) is 49.2 Å². The van der Waals surface area contributed by atoms with Crippen molar-refractivity contribution in [3.05, 3.63) is 0 Å². The molecule has 2 aliphatic heterocycles. The van der Waals surface area contributed by atoms with Gasteiger partial charge in [-0.1, -0.05) is 0 Å². The van der Waals surface area contributed by atoms with E-state index in [1.165, 1.54) is 0 Å². The van der Waals surface area contributed by atoms with Crippen molar-refractivity contribution in [2.24, 2.45) is 11.8 Å². The maximum atomic E-state index is 12.2. The van der Waals surface area contributed by atoms with Crippen molar-refractivity contribution in [3.8, 4) is 0 Å². The van der Waals surface area contributed by atoms with E-state index in [0.717, 1.165) is 12.8 Å². The quantitative estimate of drug-likeness (QED) is 0.828. The van der Waals surface area contributed by atoms with Gasteiger partial charge in [0.1, 0.15) is 0 Å². The van der Waals surface area contributed by atoms with Crippen LogP contribution < -0.4 is 10.6 Å². The molecule has 2 saturated heterocycles. The van der Waals surface area contributed by atoms with Crippen LogP contribution in [0.1, 0.15) is 38.5 Å². The summed E-state index contributed by atoms with van der Waals surface area (Å²) in [5, 5.41) is 5.54. The highest BCUT2D eigenvalue weighted by atomic mass is 19.4. The third-order valence-corrected chi connectivity index (χ3v) is 4.64. The summed E-state index contributed by atoms with van der Waals surface area (Å²) in [6.45, 7) is 1.96. The number of likely N-dealkylation sites (tertiary alicyclic amines) is 1. The third-order valence-electron chi connectivity index (χ3n) is 4.64. The molecule has 1 unspecified atom stereocenters. The third kappa shape index (κ3) is 5.91. The Labute approximate surface area is 134 Å². The van der Waals surface area contributed by atoms with Crippen LogP contribution >= 0.6 is 0 Å². The zero-order chi connectivity index (χ0) is 16.9. The Bertz CT molecular complexity index is 421. The first-order valence-electron chi connectivity index (χ1n) is 8.22. The molecule has 0 aromatic rings. The van der Waals surface area contributed by atoms with Crippen LogP contribution in [0, 0.1) is 11.8 Å². The minimum atomic E-state index is -4.10. The van der Waals surface area contributed by atoms with Gasteiger partial charge in [0, 0.05) is 32.6 Å². The number of piperidine rings is 2. The number of nitrogens with one attached hydrogen (secondary N) is 2. The molecule has 2 N–H and O–H groups in total. The zero-order valence-electron chi connectivity index (χ0n) is 13.1. The monoisotopic (exact) mass is 335 g/mol. The standard InChI is InChI=1S/C15H24F3N3O2/c16-15(17,18)6-3-11-4-8-21(9-5-11)14(23)20-10-12-2-1-7-19-13(12)22/h11-12H,1-10H2,(H,19,22)(H,20,23). The molecule has 5 nitrogen and oxygen atoms in total. The second kappa shape index (κ2) is 7.88. The fraction of sp³-hybridized carbons (Fsp3) is 0.867.